The van der Waals surface area contributed by atoms with Gasteiger partial charge in [-0.2, -0.15) is 0 Å². The number of hydrogen-bond acceptors (Lipinski definition) is 2. The highest BCUT2D eigenvalue weighted by Gasteiger charge is 2.19. The first kappa shape index (κ1) is 19.9. The zero-order valence-corrected chi connectivity index (χ0v) is 15.8. The average molecular weight is 357 g/mol. The number of nitrogens with zero attached hydrogens (tertiary/aromatic N) is 1. The van der Waals surface area contributed by atoms with Gasteiger partial charge in [-0.3, -0.25) is 4.79 Å². The Morgan fingerprint density at radius 1 is 1.11 bits per heavy atom. The van der Waals surface area contributed by atoms with E-state index in [1.807, 2.05) is 50.2 Å². The van der Waals surface area contributed by atoms with Crippen LogP contribution in [0.25, 0.3) is 5.57 Å². The van der Waals surface area contributed by atoms with E-state index < -0.39 is 0 Å². The number of amides is 1. The van der Waals surface area contributed by atoms with Crippen molar-refractivity contribution in [2.75, 3.05) is 13.1 Å². The SMILES string of the molecule is C#CCN(CC#C)C(=O)c1cc(C(=C)C)c(OCc2ccccc2)cc1C. The van der Waals surface area contributed by atoms with Crippen LogP contribution in [0.15, 0.2) is 49.0 Å². The van der Waals surface area contributed by atoms with Crippen LogP contribution in [0.4, 0.5) is 0 Å². The number of benzene rings is 2. The fraction of sp³-hybridized carbons (Fsp3) is 0.208. The van der Waals surface area contributed by atoms with E-state index in [4.69, 9.17) is 17.6 Å². The molecular formula is C24H23NO2. The minimum absolute atomic E-state index is 0.164. The van der Waals surface area contributed by atoms with E-state index in [1.165, 1.54) is 4.90 Å². The number of ether oxygens (including phenoxy) is 1. The molecule has 0 unspecified atom stereocenters. The molecule has 0 fully saturated rings. The smallest absolute Gasteiger partial charge is 0.255 e. The molecule has 0 aliphatic rings. The topological polar surface area (TPSA) is 29.5 Å². The van der Waals surface area contributed by atoms with E-state index >= 15 is 0 Å². The Bertz CT molecular complexity index is 898. The minimum Gasteiger partial charge on any atom is -0.488 e. The van der Waals surface area contributed by atoms with Gasteiger partial charge in [-0.25, -0.2) is 0 Å². The highest BCUT2D eigenvalue weighted by molar-refractivity contribution is 5.97. The highest BCUT2D eigenvalue weighted by atomic mass is 16.5. The quantitative estimate of drug-likeness (QED) is 0.691. The van der Waals surface area contributed by atoms with Crippen molar-refractivity contribution >= 4 is 11.5 Å². The number of carbonyl (C=O) groups excluding carboxylic acids is 1. The molecule has 0 aliphatic heterocycles. The molecule has 0 aromatic heterocycles. The Kier molecular flexibility index (Phi) is 6.86. The lowest BCUT2D eigenvalue weighted by atomic mass is 9.99. The Morgan fingerprint density at radius 3 is 2.30 bits per heavy atom. The molecule has 136 valence electrons. The van der Waals surface area contributed by atoms with Gasteiger partial charge in [0.15, 0.2) is 0 Å². The van der Waals surface area contributed by atoms with Gasteiger partial charge < -0.3 is 9.64 Å². The summed E-state index contributed by atoms with van der Waals surface area (Å²) < 4.78 is 6.01. The van der Waals surface area contributed by atoms with Gasteiger partial charge in [0.2, 0.25) is 0 Å². The van der Waals surface area contributed by atoms with Crippen molar-refractivity contribution in [2.24, 2.45) is 0 Å². The molecule has 0 N–H and O–H groups in total. The normalized spacial score (nSPS) is 9.78. The minimum atomic E-state index is -0.194. The van der Waals surface area contributed by atoms with Crippen LogP contribution >= 0.6 is 0 Å². The van der Waals surface area contributed by atoms with Crippen molar-refractivity contribution in [2.45, 2.75) is 20.5 Å². The monoisotopic (exact) mass is 357 g/mol. The summed E-state index contributed by atoms with van der Waals surface area (Å²) in [7, 11) is 0. The largest absolute Gasteiger partial charge is 0.488 e. The summed E-state index contributed by atoms with van der Waals surface area (Å²) in [5.41, 5.74) is 4.02. The van der Waals surface area contributed by atoms with Crippen LogP contribution in [0.2, 0.25) is 0 Å². The average Bonchev–Trinajstić information content (AvgIpc) is 2.66. The number of terminal acetylenes is 2. The molecule has 0 spiro atoms. The maximum Gasteiger partial charge on any atom is 0.255 e. The predicted octanol–water partition coefficient (Wildman–Crippen LogP) is 4.32. The maximum absolute atomic E-state index is 12.9. The molecule has 27 heavy (non-hydrogen) atoms. The van der Waals surface area contributed by atoms with Gasteiger partial charge in [0, 0.05) is 11.1 Å². The summed E-state index contributed by atoms with van der Waals surface area (Å²) in [6.45, 7) is 8.54. The lowest BCUT2D eigenvalue weighted by Crippen LogP contribution is -2.32. The van der Waals surface area contributed by atoms with Gasteiger partial charge in [0.25, 0.3) is 5.91 Å². The highest BCUT2D eigenvalue weighted by Crippen LogP contribution is 2.30. The van der Waals surface area contributed by atoms with Crippen LogP contribution in [0, 0.1) is 31.6 Å². The number of carbonyl (C=O) groups is 1. The van der Waals surface area contributed by atoms with Crippen molar-refractivity contribution in [3.63, 3.8) is 0 Å². The molecule has 0 heterocycles. The molecule has 0 atom stereocenters. The maximum atomic E-state index is 12.9. The van der Waals surface area contributed by atoms with Gasteiger partial charge in [-0.05, 0) is 42.7 Å². The molecule has 0 aliphatic carbocycles. The number of aryl methyl sites for hydroxylation is 1. The van der Waals surface area contributed by atoms with Crippen molar-refractivity contribution in [3.8, 4) is 30.4 Å². The summed E-state index contributed by atoms with van der Waals surface area (Å²) in [5, 5.41) is 0. The van der Waals surface area contributed by atoms with E-state index in [1.54, 1.807) is 6.07 Å². The molecule has 2 aromatic carbocycles. The van der Waals surface area contributed by atoms with E-state index in [9.17, 15) is 4.79 Å². The van der Waals surface area contributed by atoms with Crippen molar-refractivity contribution < 1.29 is 9.53 Å². The second kappa shape index (κ2) is 9.32. The van der Waals surface area contributed by atoms with Gasteiger partial charge in [0.05, 0.1) is 13.1 Å². The van der Waals surface area contributed by atoms with Crippen LogP contribution in [0.3, 0.4) is 0 Å². The summed E-state index contributed by atoms with van der Waals surface area (Å²) in [5.74, 6) is 5.46. The molecule has 0 radical (unpaired) electrons. The zero-order valence-electron chi connectivity index (χ0n) is 15.8. The summed E-state index contributed by atoms with van der Waals surface area (Å²) in [6.07, 6.45) is 10.7. The van der Waals surface area contributed by atoms with Crippen molar-refractivity contribution in [1.29, 1.82) is 0 Å². The van der Waals surface area contributed by atoms with E-state index in [0.29, 0.717) is 17.9 Å². The molecule has 2 aromatic rings. The van der Waals surface area contributed by atoms with Crippen molar-refractivity contribution in [1.82, 2.24) is 4.90 Å². The number of allylic oxidation sites excluding steroid dienone is 1. The Balaban J connectivity index is 2.35. The third kappa shape index (κ3) is 5.03. The van der Waals surface area contributed by atoms with Crippen LogP contribution in [-0.2, 0) is 6.61 Å². The van der Waals surface area contributed by atoms with E-state index in [-0.39, 0.29) is 19.0 Å². The zero-order chi connectivity index (χ0) is 19.8. The van der Waals surface area contributed by atoms with E-state index in [2.05, 4.69) is 18.4 Å². The fourth-order valence-corrected chi connectivity index (χ4v) is 2.69. The lowest BCUT2D eigenvalue weighted by molar-refractivity contribution is 0.0795. The van der Waals surface area contributed by atoms with Gasteiger partial charge in [-0.1, -0.05) is 48.8 Å². The first-order valence-electron chi connectivity index (χ1n) is 8.61. The van der Waals surface area contributed by atoms with E-state index in [0.717, 1.165) is 22.3 Å². The van der Waals surface area contributed by atoms with Crippen molar-refractivity contribution in [3.05, 3.63) is 71.3 Å². The van der Waals surface area contributed by atoms with Crippen LogP contribution in [0.1, 0.15) is 34.0 Å². The van der Waals surface area contributed by atoms with Crippen LogP contribution < -0.4 is 4.74 Å². The predicted molar refractivity (Wildman–Crippen MR) is 110 cm³/mol. The van der Waals surface area contributed by atoms with Crippen LogP contribution in [-0.4, -0.2) is 23.9 Å². The summed E-state index contributed by atoms with van der Waals surface area (Å²) in [4.78, 5) is 14.3. The molecule has 3 heteroatoms. The van der Waals surface area contributed by atoms with Crippen LogP contribution in [0.5, 0.6) is 5.75 Å². The Morgan fingerprint density at radius 2 is 1.74 bits per heavy atom. The molecule has 0 saturated carbocycles. The summed E-state index contributed by atoms with van der Waals surface area (Å²) in [6, 6.07) is 13.6. The third-order valence-electron chi connectivity index (χ3n) is 4.11. The molecule has 2 rings (SSSR count). The second-order valence-electron chi connectivity index (χ2n) is 6.29. The Hall–Kier alpha value is -3.43. The fourth-order valence-electron chi connectivity index (χ4n) is 2.69. The first-order chi connectivity index (χ1) is 13.0. The molecule has 0 saturated heterocycles. The molecule has 3 nitrogen and oxygen atoms in total. The second-order valence-corrected chi connectivity index (χ2v) is 6.29. The summed E-state index contributed by atoms with van der Waals surface area (Å²) >= 11 is 0. The number of rotatable bonds is 7. The standard InChI is InChI=1S/C24H23NO2/c1-6-13-25(14-7-2)24(26)22-16-21(18(3)4)23(15-19(22)5)27-17-20-11-9-8-10-12-20/h1-2,8-12,15-16H,3,13-14,17H2,4-5H3. The number of hydrogen-bond donors (Lipinski definition) is 0. The van der Waals surface area contributed by atoms with Gasteiger partial charge in [0.1, 0.15) is 12.4 Å². The lowest BCUT2D eigenvalue weighted by Gasteiger charge is -2.21. The molecule has 0 bridgehead atoms. The first-order valence-corrected chi connectivity index (χ1v) is 8.61. The van der Waals surface area contributed by atoms with Gasteiger partial charge >= 0.3 is 0 Å². The molecular weight excluding hydrogens is 334 g/mol. The molecule has 1 amide bonds. The van der Waals surface area contributed by atoms with Gasteiger partial charge in [-0.15, -0.1) is 12.8 Å². The third-order valence-corrected chi connectivity index (χ3v) is 4.11. The Labute approximate surface area is 161 Å².